The number of amides is 1. The molecule has 0 bridgehead atoms. The van der Waals surface area contributed by atoms with E-state index >= 15 is 0 Å². The highest BCUT2D eigenvalue weighted by atomic mass is 35.5. The van der Waals surface area contributed by atoms with Gasteiger partial charge in [-0.05, 0) is 37.3 Å². The van der Waals surface area contributed by atoms with Gasteiger partial charge in [0.05, 0.1) is 10.6 Å². The first-order chi connectivity index (χ1) is 8.59. The minimum absolute atomic E-state index is 0.0868. The fourth-order valence-corrected chi connectivity index (χ4v) is 2.24. The van der Waals surface area contributed by atoms with Crippen LogP contribution >= 0.6 is 11.6 Å². The third-order valence-electron chi connectivity index (χ3n) is 3.30. The maximum atomic E-state index is 12.5. The van der Waals surface area contributed by atoms with Crippen LogP contribution in [0.1, 0.15) is 43.5 Å². The van der Waals surface area contributed by atoms with Gasteiger partial charge in [0.15, 0.2) is 0 Å². The van der Waals surface area contributed by atoms with Gasteiger partial charge in [0.1, 0.15) is 0 Å². The number of carbonyl (C=O) groups excluding carboxylic acids is 1. The molecule has 1 fully saturated rings. The molecule has 2 rings (SSSR count). The van der Waals surface area contributed by atoms with Crippen molar-refractivity contribution >= 4 is 17.5 Å². The summed E-state index contributed by atoms with van der Waals surface area (Å²) < 4.78 is 0. The van der Waals surface area contributed by atoms with E-state index in [1.54, 1.807) is 6.07 Å². The monoisotopic (exact) mass is 265 g/mol. The second-order valence-corrected chi connectivity index (χ2v) is 5.80. The van der Waals surface area contributed by atoms with Gasteiger partial charge in [0.25, 0.3) is 5.91 Å². The van der Waals surface area contributed by atoms with Crippen LogP contribution in [0.3, 0.4) is 0 Å². The average molecular weight is 266 g/mol. The van der Waals surface area contributed by atoms with Crippen LogP contribution in [0, 0.1) is 5.92 Å². The molecule has 0 atom stereocenters. The molecule has 0 radical (unpaired) electrons. The van der Waals surface area contributed by atoms with Gasteiger partial charge in [0, 0.05) is 12.6 Å². The maximum Gasteiger partial charge on any atom is 0.255 e. The Bertz CT molecular complexity index is 426. The summed E-state index contributed by atoms with van der Waals surface area (Å²) in [6.45, 7) is 5.21. The summed E-state index contributed by atoms with van der Waals surface area (Å²) in [4.78, 5) is 14.5. The molecule has 98 valence electrons. The van der Waals surface area contributed by atoms with E-state index in [0.717, 1.165) is 25.8 Å². The molecule has 1 amide bonds. The number of halogens is 1. The predicted molar refractivity (Wildman–Crippen MR) is 75.0 cm³/mol. The van der Waals surface area contributed by atoms with Crippen LogP contribution in [0.5, 0.6) is 0 Å². The molecule has 0 N–H and O–H groups in total. The topological polar surface area (TPSA) is 20.3 Å². The molecule has 0 saturated heterocycles. The second kappa shape index (κ2) is 5.75. The lowest BCUT2D eigenvalue weighted by molar-refractivity contribution is 0.0735. The molecule has 0 unspecified atom stereocenters. The molecule has 1 aliphatic carbocycles. The molecular weight excluding hydrogens is 246 g/mol. The molecule has 0 aliphatic heterocycles. The van der Waals surface area contributed by atoms with E-state index in [-0.39, 0.29) is 5.91 Å². The van der Waals surface area contributed by atoms with E-state index in [1.165, 1.54) is 0 Å². The molecular formula is C15H20ClNO. The smallest absolute Gasteiger partial charge is 0.255 e. The lowest BCUT2D eigenvalue weighted by atomic mass is 10.1. The van der Waals surface area contributed by atoms with Crippen molar-refractivity contribution in [3.63, 3.8) is 0 Å². The first-order valence-electron chi connectivity index (χ1n) is 6.65. The normalized spacial score (nSPS) is 14.9. The summed E-state index contributed by atoms with van der Waals surface area (Å²) in [6, 6.07) is 7.76. The number of hydrogen-bond donors (Lipinski definition) is 0. The highest BCUT2D eigenvalue weighted by molar-refractivity contribution is 6.33. The Morgan fingerprint density at radius 1 is 1.39 bits per heavy atom. The largest absolute Gasteiger partial charge is 0.336 e. The summed E-state index contributed by atoms with van der Waals surface area (Å²) in [6.07, 6.45) is 3.31. The predicted octanol–water partition coefficient (Wildman–Crippen LogP) is 3.99. The van der Waals surface area contributed by atoms with E-state index in [9.17, 15) is 4.79 Å². The van der Waals surface area contributed by atoms with Crippen molar-refractivity contribution in [2.75, 3.05) is 6.54 Å². The zero-order chi connectivity index (χ0) is 13.1. The van der Waals surface area contributed by atoms with Crippen LogP contribution in [-0.2, 0) is 0 Å². The summed E-state index contributed by atoms with van der Waals surface area (Å²) >= 11 is 6.10. The van der Waals surface area contributed by atoms with E-state index in [1.807, 2.05) is 23.1 Å². The SMILES string of the molecule is CC(C)CCN(C(=O)c1ccccc1Cl)C1CC1. The highest BCUT2D eigenvalue weighted by Gasteiger charge is 2.33. The van der Waals surface area contributed by atoms with Gasteiger partial charge in [0.2, 0.25) is 0 Å². The molecule has 2 nitrogen and oxygen atoms in total. The zero-order valence-electron chi connectivity index (χ0n) is 11.0. The van der Waals surface area contributed by atoms with Crippen LogP contribution in [0.15, 0.2) is 24.3 Å². The number of carbonyl (C=O) groups is 1. The Morgan fingerprint density at radius 3 is 2.61 bits per heavy atom. The van der Waals surface area contributed by atoms with Crippen molar-refractivity contribution in [1.29, 1.82) is 0 Å². The third-order valence-corrected chi connectivity index (χ3v) is 3.63. The van der Waals surface area contributed by atoms with E-state index in [4.69, 9.17) is 11.6 Å². The Balaban J connectivity index is 2.11. The van der Waals surface area contributed by atoms with Crippen LogP contribution in [0.2, 0.25) is 5.02 Å². The molecule has 0 aromatic heterocycles. The summed E-state index contributed by atoms with van der Waals surface area (Å²) in [5.41, 5.74) is 0.634. The number of hydrogen-bond acceptors (Lipinski definition) is 1. The number of nitrogens with zero attached hydrogens (tertiary/aromatic N) is 1. The number of rotatable bonds is 5. The Kier molecular flexibility index (Phi) is 4.28. The first-order valence-corrected chi connectivity index (χ1v) is 7.03. The average Bonchev–Trinajstić information content (AvgIpc) is 3.13. The van der Waals surface area contributed by atoms with Gasteiger partial charge in [-0.2, -0.15) is 0 Å². The molecule has 0 heterocycles. The molecule has 1 aromatic rings. The Morgan fingerprint density at radius 2 is 2.06 bits per heavy atom. The van der Waals surface area contributed by atoms with Crippen molar-refractivity contribution in [3.8, 4) is 0 Å². The van der Waals surface area contributed by atoms with Crippen molar-refractivity contribution in [1.82, 2.24) is 4.90 Å². The Labute approximate surface area is 114 Å². The quantitative estimate of drug-likeness (QED) is 0.788. The second-order valence-electron chi connectivity index (χ2n) is 5.39. The van der Waals surface area contributed by atoms with E-state index in [2.05, 4.69) is 13.8 Å². The van der Waals surface area contributed by atoms with Crippen LogP contribution in [-0.4, -0.2) is 23.4 Å². The van der Waals surface area contributed by atoms with Gasteiger partial charge in [-0.15, -0.1) is 0 Å². The van der Waals surface area contributed by atoms with Crippen LogP contribution in [0.4, 0.5) is 0 Å². The summed E-state index contributed by atoms with van der Waals surface area (Å²) in [5, 5.41) is 0.553. The van der Waals surface area contributed by atoms with Crippen LogP contribution < -0.4 is 0 Å². The van der Waals surface area contributed by atoms with Crippen LogP contribution in [0.25, 0.3) is 0 Å². The minimum Gasteiger partial charge on any atom is -0.336 e. The van der Waals surface area contributed by atoms with Gasteiger partial charge < -0.3 is 4.90 Å². The molecule has 1 aliphatic rings. The first kappa shape index (κ1) is 13.4. The van der Waals surface area contributed by atoms with Gasteiger partial charge in [-0.1, -0.05) is 37.6 Å². The standard InChI is InChI=1S/C15H20ClNO/c1-11(2)9-10-17(12-7-8-12)15(18)13-5-3-4-6-14(13)16/h3-6,11-12H,7-10H2,1-2H3. The number of benzene rings is 1. The van der Waals surface area contributed by atoms with Gasteiger partial charge >= 0.3 is 0 Å². The minimum atomic E-state index is 0.0868. The highest BCUT2D eigenvalue weighted by Crippen LogP contribution is 2.30. The lowest BCUT2D eigenvalue weighted by Crippen LogP contribution is -2.34. The zero-order valence-corrected chi connectivity index (χ0v) is 11.8. The van der Waals surface area contributed by atoms with Gasteiger partial charge in [-0.3, -0.25) is 4.79 Å². The molecule has 18 heavy (non-hydrogen) atoms. The Hall–Kier alpha value is -1.02. The summed E-state index contributed by atoms with van der Waals surface area (Å²) in [5.74, 6) is 0.703. The molecule has 0 spiro atoms. The van der Waals surface area contributed by atoms with E-state index < -0.39 is 0 Å². The van der Waals surface area contributed by atoms with E-state index in [0.29, 0.717) is 22.5 Å². The molecule has 1 saturated carbocycles. The fraction of sp³-hybridized carbons (Fsp3) is 0.533. The fourth-order valence-electron chi connectivity index (χ4n) is 2.02. The van der Waals surface area contributed by atoms with Crippen molar-refractivity contribution in [3.05, 3.63) is 34.9 Å². The molecule has 3 heteroatoms. The van der Waals surface area contributed by atoms with Crippen molar-refractivity contribution in [2.45, 2.75) is 39.2 Å². The summed E-state index contributed by atoms with van der Waals surface area (Å²) in [7, 11) is 0. The van der Waals surface area contributed by atoms with Gasteiger partial charge in [-0.25, -0.2) is 0 Å². The van der Waals surface area contributed by atoms with Crippen molar-refractivity contribution in [2.24, 2.45) is 5.92 Å². The molecule has 1 aromatic carbocycles. The van der Waals surface area contributed by atoms with Crippen molar-refractivity contribution < 1.29 is 4.79 Å². The third kappa shape index (κ3) is 3.26. The lowest BCUT2D eigenvalue weighted by Gasteiger charge is -2.23. The maximum absolute atomic E-state index is 12.5.